The first-order chi connectivity index (χ1) is 11.1. The van der Waals surface area contributed by atoms with E-state index in [9.17, 15) is 4.39 Å². The van der Waals surface area contributed by atoms with Crippen molar-refractivity contribution in [3.63, 3.8) is 0 Å². The van der Waals surface area contributed by atoms with Crippen LogP contribution in [0.1, 0.15) is 23.9 Å². The molecule has 0 bridgehead atoms. The number of aromatic nitrogens is 3. The lowest BCUT2D eigenvalue weighted by Gasteiger charge is -2.11. The van der Waals surface area contributed by atoms with Gasteiger partial charge in [0.25, 0.3) is 0 Å². The Morgan fingerprint density at radius 3 is 2.87 bits per heavy atom. The van der Waals surface area contributed by atoms with E-state index in [2.05, 4.69) is 25.7 Å². The van der Waals surface area contributed by atoms with Gasteiger partial charge in [0.2, 0.25) is 0 Å². The van der Waals surface area contributed by atoms with Crippen LogP contribution in [0.25, 0.3) is 0 Å². The number of halogens is 1. The molecule has 0 spiro atoms. The molecule has 2 aromatic rings. The van der Waals surface area contributed by atoms with Crippen molar-refractivity contribution < 1.29 is 4.39 Å². The Balaban J connectivity index is 2.04. The molecule has 2 N–H and O–H groups in total. The molecule has 120 valence electrons. The van der Waals surface area contributed by atoms with Crippen LogP contribution in [0.4, 0.5) is 4.39 Å². The zero-order chi connectivity index (χ0) is 16.7. The SMILES string of the molecule is CCNC(=NCc1ccc(C#N)cc1F)NCc1ncnn1C. The van der Waals surface area contributed by atoms with Crippen LogP contribution < -0.4 is 10.6 Å². The van der Waals surface area contributed by atoms with Gasteiger partial charge in [0.15, 0.2) is 5.96 Å². The molecule has 7 nitrogen and oxygen atoms in total. The van der Waals surface area contributed by atoms with Gasteiger partial charge in [-0.1, -0.05) is 6.07 Å². The summed E-state index contributed by atoms with van der Waals surface area (Å²) in [7, 11) is 1.81. The van der Waals surface area contributed by atoms with Crippen molar-refractivity contribution in [3.8, 4) is 6.07 Å². The minimum atomic E-state index is -0.433. The van der Waals surface area contributed by atoms with Crippen LogP contribution in [0.3, 0.4) is 0 Å². The number of aliphatic imine (C=N–C) groups is 1. The molecule has 0 aliphatic heterocycles. The van der Waals surface area contributed by atoms with Crippen molar-refractivity contribution in [3.05, 3.63) is 47.3 Å². The quantitative estimate of drug-likeness (QED) is 0.636. The van der Waals surface area contributed by atoms with Crippen molar-refractivity contribution >= 4 is 5.96 Å². The lowest BCUT2D eigenvalue weighted by molar-refractivity contribution is 0.609. The maximum Gasteiger partial charge on any atom is 0.191 e. The molecular weight excluding hydrogens is 297 g/mol. The fourth-order valence-electron chi connectivity index (χ4n) is 1.89. The van der Waals surface area contributed by atoms with Gasteiger partial charge >= 0.3 is 0 Å². The first-order valence-corrected chi connectivity index (χ1v) is 7.17. The minimum absolute atomic E-state index is 0.172. The maximum absolute atomic E-state index is 13.9. The van der Waals surface area contributed by atoms with Crippen molar-refractivity contribution in [2.45, 2.75) is 20.0 Å². The number of aryl methyl sites for hydroxylation is 1. The lowest BCUT2D eigenvalue weighted by atomic mass is 10.1. The molecule has 0 unspecified atom stereocenters. The summed E-state index contributed by atoms with van der Waals surface area (Å²) in [4.78, 5) is 8.46. The highest BCUT2D eigenvalue weighted by atomic mass is 19.1. The summed E-state index contributed by atoms with van der Waals surface area (Å²) in [6, 6.07) is 6.27. The van der Waals surface area contributed by atoms with E-state index >= 15 is 0 Å². The second kappa shape index (κ2) is 7.89. The summed E-state index contributed by atoms with van der Waals surface area (Å²) in [5.41, 5.74) is 0.724. The monoisotopic (exact) mass is 315 g/mol. The first kappa shape index (κ1) is 16.4. The Morgan fingerprint density at radius 2 is 2.26 bits per heavy atom. The predicted molar refractivity (Wildman–Crippen MR) is 83.8 cm³/mol. The molecule has 8 heteroatoms. The molecule has 0 amide bonds. The van der Waals surface area contributed by atoms with E-state index in [1.807, 2.05) is 13.0 Å². The van der Waals surface area contributed by atoms with Gasteiger partial charge in [-0.2, -0.15) is 10.4 Å². The van der Waals surface area contributed by atoms with Gasteiger partial charge in [-0.15, -0.1) is 0 Å². The molecule has 1 aromatic carbocycles. The van der Waals surface area contributed by atoms with Crippen LogP contribution in [-0.4, -0.2) is 27.3 Å². The van der Waals surface area contributed by atoms with Crippen molar-refractivity contribution in [2.24, 2.45) is 12.0 Å². The molecular formula is C15H18FN7. The average Bonchev–Trinajstić information content (AvgIpc) is 2.96. The van der Waals surface area contributed by atoms with Crippen LogP contribution in [0.15, 0.2) is 29.5 Å². The zero-order valence-electron chi connectivity index (χ0n) is 13.0. The lowest BCUT2D eigenvalue weighted by Crippen LogP contribution is -2.37. The molecule has 0 saturated heterocycles. The zero-order valence-corrected chi connectivity index (χ0v) is 13.0. The molecule has 0 radical (unpaired) electrons. The van der Waals surface area contributed by atoms with E-state index in [-0.39, 0.29) is 6.54 Å². The highest BCUT2D eigenvalue weighted by Crippen LogP contribution is 2.11. The third-order valence-electron chi connectivity index (χ3n) is 3.15. The van der Waals surface area contributed by atoms with E-state index < -0.39 is 5.82 Å². The molecule has 0 atom stereocenters. The van der Waals surface area contributed by atoms with Gasteiger partial charge in [-0.05, 0) is 19.1 Å². The van der Waals surface area contributed by atoms with E-state index in [0.29, 0.717) is 30.2 Å². The van der Waals surface area contributed by atoms with E-state index in [0.717, 1.165) is 5.82 Å². The summed E-state index contributed by atoms with van der Waals surface area (Å²) in [6.07, 6.45) is 1.48. The second-order valence-electron chi connectivity index (χ2n) is 4.77. The third kappa shape index (κ3) is 4.51. The van der Waals surface area contributed by atoms with Crippen LogP contribution in [0.5, 0.6) is 0 Å². The smallest absolute Gasteiger partial charge is 0.191 e. The van der Waals surface area contributed by atoms with E-state index in [1.165, 1.54) is 12.4 Å². The summed E-state index contributed by atoms with van der Waals surface area (Å²) in [5.74, 6) is 0.886. The standard InChI is InChI=1S/C15H18FN7/c1-3-18-15(20-9-14-21-10-22-23(14)2)19-8-12-5-4-11(7-17)6-13(12)16/h4-6,10H,3,8-9H2,1-2H3,(H2,18,19,20). The summed E-state index contributed by atoms with van der Waals surface area (Å²) in [6.45, 7) is 3.26. The topological polar surface area (TPSA) is 90.9 Å². The Labute approximate surface area is 133 Å². The number of benzene rings is 1. The Kier molecular flexibility index (Phi) is 5.63. The molecule has 1 heterocycles. The third-order valence-corrected chi connectivity index (χ3v) is 3.15. The number of nitrogens with one attached hydrogen (secondary N) is 2. The average molecular weight is 315 g/mol. The molecule has 2 rings (SSSR count). The number of guanidine groups is 1. The van der Waals surface area contributed by atoms with Crippen molar-refractivity contribution in [2.75, 3.05) is 6.54 Å². The first-order valence-electron chi connectivity index (χ1n) is 7.17. The fourth-order valence-corrected chi connectivity index (χ4v) is 1.89. The Hall–Kier alpha value is -2.95. The molecule has 0 saturated carbocycles. The van der Waals surface area contributed by atoms with Gasteiger partial charge in [-0.3, -0.25) is 4.68 Å². The maximum atomic E-state index is 13.9. The van der Waals surface area contributed by atoms with Crippen LogP contribution in [0.2, 0.25) is 0 Å². The van der Waals surface area contributed by atoms with Crippen molar-refractivity contribution in [1.82, 2.24) is 25.4 Å². The largest absolute Gasteiger partial charge is 0.357 e. The molecule has 0 aliphatic carbocycles. The second-order valence-corrected chi connectivity index (χ2v) is 4.77. The van der Waals surface area contributed by atoms with Crippen LogP contribution in [0, 0.1) is 17.1 Å². The summed E-state index contributed by atoms with van der Waals surface area (Å²) in [5, 5.41) is 18.9. The summed E-state index contributed by atoms with van der Waals surface area (Å²) < 4.78 is 15.5. The predicted octanol–water partition coefficient (Wildman–Crippen LogP) is 1.08. The van der Waals surface area contributed by atoms with Crippen LogP contribution in [-0.2, 0) is 20.1 Å². The molecule has 0 aliphatic rings. The Bertz CT molecular complexity index is 730. The van der Waals surface area contributed by atoms with Crippen LogP contribution >= 0.6 is 0 Å². The van der Waals surface area contributed by atoms with E-state index in [4.69, 9.17) is 5.26 Å². The minimum Gasteiger partial charge on any atom is -0.357 e. The van der Waals surface area contributed by atoms with Gasteiger partial charge in [0.1, 0.15) is 18.0 Å². The number of hydrogen-bond donors (Lipinski definition) is 2. The Morgan fingerprint density at radius 1 is 1.43 bits per heavy atom. The van der Waals surface area contributed by atoms with Crippen molar-refractivity contribution in [1.29, 1.82) is 5.26 Å². The summed E-state index contributed by atoms with van der Waals surface area (Å²) >= 11 is 0. The normalized spacial score (nSPS) is 11.1. The van der Waals surface area contributed by atoms with Gasteiger partial charge in [-0.25, -0.2) is 14.4 Å². The molecule has 0 fully saturated rings. The van der Waals surface area contributed by atoms with Gasteiger partial charge in [0, 0.05) is 19.2 Å². The van der Waals surface area contributed by atoms with E-state index in [1.54, 1.807) is 23.9 Å². The number of nitrogens with zero attached hydrogens (tertiary/aromatic N) is 5. The number of rotatable bonds is 5. The number of nitriles is 1. The molecule has 1 aromatic heterocycles. The highest BCUT2D eigenvalue weighted by Gasteiger charge is 2.05. The number of hydrogen-bond acceptors (Lipinski definition) is 4. The molecule has 23 heavy (non-hydrogen) atoms. The van der Waals surface area contributed by atoms with Gasteiger partial charge < -0.3 is 10.6 Å². The van der Waals surface area contributed by atoms with Gasteiger partial charge in [0.05, 0.1) is 24.7 Å². The highest BCUT2D eigenvalue weighted by molar-refractivity contribution is 5.79. The fraction of sp³-hybridized carbons (Fsp3) is 0.333.